The van der Waals surface area contributed by atoms with E-state index in [0.29, 0.717) is 13.0 Å². The Bertz CT molecular complexity index is 106. The second-order valence-electron chi connectivity index (χ2n) is 2.32. The van der Waals surface area contributed by atoms with Crippen molar-refractivity contribution >= 4 is 5.91 Å². The minimum atomic E-state index is 0.0968. The number of amides is 1. The van der Waals surface area contributed by atoms with Crippen molar-refractivity contribution in [2.75, 3.05) is 26.7 Å². The molecule has 66 valence electrons. The monoisotopic (exact) mass is 159 g/mol. The van der Waals surface area contributed by atoms with Crippen LogP contribution in [0.15, 0.2) is 0 Å². The van der Waals surface area contributed by atoms with E-state index in [1.807, 2.05) is 0 Å². The van der Waals surface area contributed by atoms with Gasteiger partial charge in [0.25, 0.3) is 0 Å². The van der Waals surface area contributed by atoms with E-state index in [0.717, 1.165) is 19.5 Å². The highest BCUT2D eigenvalue weighted by molar-refractivity contribution is 5.75. The molecular formula is C7H17N3O. The molecule has 0 bridgehead atoms. The first-order chi connectivity index (χ1) is 5.31. The summed E-state index contributed by atoms with van der Waals surface area (Å²) in [6.07, 6.45) is 1.47. The van der Waals surface area contributed by atoms with E-state index in [2.05, 4.69) is 10.6 Å². The zero-order chi connectivity index (χ0) is 8.53. The van der Waals surface area contributed by atoms with Crippen molar-refractivity contribution in [3.8, 4) is 0 Å². The van der Waals surface area contributed by atoms with Gasteiger partial charge in [0.05, 0.1) is 0 Å². The molecule has 0 unspecified atom stereocenters. The summed E-state index contributed by atoms with van der Waals surface area (Å²) in [6.45, 7) is 2.35. The predicted octanol–water partition coefficient (Wildman–Crippen LogP) is -0.939. The summed E-state index contributed by atoms with van der Waals surface area (Å²) in [6, 6.07) is 0. The Morgan fingerprint density at radius 3 is 2.73 bits per heavy atom. The Hall–Kier alpha value is -0.610. The summed E-state index contributed by atoms with van der Waals surface area (Å²) >= 11 is 0. The summed E-state index contributed by atoms with van der Waals surface area (Å²) in [5.74, 6) is 0.0968. The second kappa shape index (κ2) is 7.50. The zero-order valence-corrected chi connectivity index (χ0v) is 7.02. The van der Waals surface area contributed by atoms with Gasteiger partial charge >= 0.3 is 0 Å². The van der Waals surface area contributed by atoms with E-state index in [9.17, 15) is 4.79 Å². The number of hydrogen-bond donors (Lipinski definition) is 3. The summed E-state index contributed by atoms with van der Waals surface area (Å²) in [5.41, 5.74) is 5.25. The first-order valence-corrected chi connectivity index (χ1v) is 3.92. The Labute approximate surface area is 67.5 Å². The minimum Gasteiger partial charge on any atom is -0.359 e. The fraction of sp³-hybridized carbons (Fsp3) is 0.857. The lowest BCUT2D eigenvalue weighted by molar-refractivity contribution is -0.120. The predicted molar refractivity (Wildman–Crippen MR) is 45.2 cm³/mol. The Morgan fingerprint density at radius 1 is 1.45 bits per heavy atom. The number of hydrogen-bond acceptors (Lipinski definition) is 3. The topological polar surface area (TPSA) is 67.2 Å². The third-order valence-electron chi connectivity index (χ3n) is 1.36. The van der Waals surface area contributed by atoms with Gasteiger partial charge in [-0.05, 0) is 13.0 Å². The van der Waals surface area contributed by atoms with Gasteiger partial charge in [-0.3, -0.25) is 4.79 Å². The number of carbonyl (C=O) groups excluding carboxylic acids is 1. The third-order valence-corrected chi connectivity index (χ3v) is 1.36. The van der Waals surface area contributed by atoms with E-state index >= 15 is 0 Å². The first-order valence-electron chi connectivity index (χ1n) is 3.92. The van der Waals surface area contributed by atoms with E-state index in [1.165, 1.54) is 0 Å². The summed E-state index contributed by atoms with van der Waals surface area (Å²) < 4.78 is 0. The molecule has 0 aliphatic rings. The molecule has 0 heterocycles. The number of rotatable bonds is 6. The van der Waals surface area contributed by atoms with Crippen molar-refractivity contribution in [2.24, 2.45) is 5.73 Å². The average molecular weight is 159 g/mol. The molecule has 4 nitrogen and oxygen atoms in total. The molecule has 0 aliphatic carbocycles. The van der Waals surface area contributed by atoms with Crippen LogP contribution < -0.4 is 16.4 Å². The van der Waals surface area contributed by atoms with Gasteiger partial charge in [0.15, 0.2) is 0 Å². The molecule has 0 saturated heterocycles. The summed E-state index contributed by atoms with van der Waals surface area (Å²) in [7, 11) is 1.65. The van der Waals surface area contributed by atoms with E-state index in [1.54, 1.807) is 7.05 Å². The molecule has 0 radical (unpaired) electrons. The van der Waals surface area contributed by atoms with Gasteiger partial charge in [-0.15, -0.1) is 0 Å². The number of nitrogens with one attached hydrogen (secondary N) is 2. The summed E-state index contributed by atoms with van der Waals surface area (Å²) in [4.78, 5) is 10.7. The normalized spacial score (nSPS) is 9.64. The van der Waals surface area contributed by atoms with Crippen LogP contribution in [0.2, 0.25) is 0 Å². The van der Waals surface area contributed by atoms with Crippen LogP contribution in [-0.4, -0.2) is 32.6 Å². The van der Waals surface area contributed by atoms with Gasteiger partial charge < -0.3 is 16.4 Å². The SMILES string of the molecule is CNC(=O)CCCNCCN. The molecule has 0 saturated carbocycles. The molecule has 0 fully saturated rings. The lowest BCUT2D eigenvalue weighted by Crippen LogP contribution is -2.25. The van der Waals surface area contributed by atoms with E-state index in [4.69, 9.17) is 5.73 Å². The average Bonchev–Trinajstić information content (AvgIpc) is 2.04. The van der Waals surface area contributed by atoms with Crippen molar-refractivity contribution in [1.29, 1.82) is 0 Å². The highest BCUT2D eigenvalue weighted by Crippen LogP contribution is 1.84. The van der Waals surface area contributed by atoms with Crippen LogP contribution in [0.3, 0.4) is 0 Å². The van der Waals surface area contributed by atoms with Crippen LogP contribution in [0, 0.1) is 0 Å². The van der Waals surface area contributed by atoms with Crippen LogP contribution in [0.25, 0.3) is 0 Å². The Balaban J connectivity index is 2.95. The molecule has 0 aromatic rings. The smallest absolute Gasteiger partial charge is 0.219 e. The van der Waals surface area contributed by atoms with Gasteiger partial charge in [-0.1, -0.05) is 0 Å². The molecule has 4 N–H and O–H groups in total. The Morgan fingerprint density at radius 2 is 2.18 bits per heavy atom. The largest absolute Gasteiger partial charge is 0.359 e. The fourth-order valence-corrected chi connectivity index (χ4v) is 0.726. The molecule has 0 rings (SSSR count). The van der Waals surface area contributed by atoms with Gasteiger partial charge in [0, 0.05) is 26.6 Å². The Kier molecular flexibility index (Phi) is 7.08. The molecule has 0 spiro atoms. The van der Waals surface area contributed by atoms with E-state index < -0.39 is 0 Å². The van der Waals surface area contributed by atoms with Gasteiger partial charge in [0.1, 0.15) is 0 Å². The summed E-state index contributed by atoms with van der Waals surface area (Å²) in [5, 5.41) is 5.67. The molecule has 1 amide bonds. The lowest BCUT2D eigenvalue weighted by Gasteiger charge is -2.01. The molecule has 0 aromatic heterocycles. The first kappa shape index (κ1) is 10.4. The van der Waals surface area contributed by atoms with Crippen molar-refractivity contribution in [3.63, 3.8) is 0 Å². The highest BCUT2D eigenvalue weighted by Gasteiger charge is 1.95. The van der Waals surface area contributed by atoms with Crippen LogP contribution in [0.1, 0.15) is 12.8 Å². The number of carbonyl (C=O) groups is 1. The quantitative estimate of drug-likeness (QED) is 0.438. The highest BCUT2D eigenvalue weighted by atomic mass is 16.1. The van der Waals surface area contributed by atoms with Crippen molar-refractivity contribution < 1.29 is 4.79 Å². The maximum Gasteiger partial charge on any atom is 0.219 e. The zero-order valence-electron chi connectivity index (χ0n) is 7.02. The maximum absolute atomic E-state index is 10.7. The molecule has 0 aromatic carbocycles. The van der Waals surface area contributed by atoms with Gasteiger partial charge in [-0.2, -0.15) is 0 Å². The maximum atomic E-state index is 10.7. The van der Waals surface area contributed by atoms with Gasteiger partial charge in [-0.25, -0.2) is 0 Å². The third kappa shape index (κ3) is 7.29. The van der Waals surface area contributed by atoms with Crippen molar-refractivity contribution in [2.45, 2.75) is 12.8 Å². The van der Waals surface area contributed by atoms with Crippen LogP contribution in [0.4, 0.5) is 0 Å². The van der Waals surface area contributed by atoms with Crippen LogP contribution in [0.5, 0.6) is 0 Å². The standard InChI is InChI=1S/C7H17N3O/c1-9-7(11)3-2-5-10-6-4-8/h10H,2-6,8H2,1H3,(H,9,11). The van der Waals surface area contributed by atoms with Crippen LogP contribution >= 0.6 is 0 Å². The lowest BCUT2D eigenvalue weighted by atomic mass is 10.3. The van der Waals surface area contributed by atoms with Gasteiger partial charge in [0.2, 0.25) is 5.91 Å². The second-order valence-corrected chi connectivity index (χ2v) is 2.32. The molecule has 0 aliphatic heterocycles. The number of nitrogens with two attached hydrogens (primary N) is 1. The molecule has 11 heavy (non-hydrogen) atoms. The fourth-order valence-electron chi connectivity index (χ4n) is 0.726. The van der Waals surface area contributed by atoms with Crippen molar-refractivity contribution in [3.05, 3.63) is 0 Å². The molecule has 0 atom stereocenters. The van der Waals surface area contributed by atoms with Crippen molar-refractivity contribution in [1.82, 2.24) is 10.6 Å². The molecular weight excluding hydrogens is 142 g/mol. The minimum absolute atomic E-state index is 0.0968. The van der Waals surface area contributed by atoms with E-state index in [-0.39, 0.29) is 5.91 Å². The molecule has 4 heteroatoms. The van der Waals surface area contributed by atoms with Crippen LogP contribution in [-0.2, 0) is 4.79 Å².